The van der Waals surface area contributed by atoms with Crippen LogP contribution in [0.3, 0.4) is 0 Å². The SMILES string of the molecule is CC(C)CCC(CCC(C)(C)C)(CCC(C)(C)C)NC(C)C. The Hall–Kier alpha value is -0.0400. The van der Waals surface area contributed by atoms with Gasteiger partial charge in [-0.3, -0.25) is 0 Å². The molecule has 1 N–H and O–H groups in total. The Labute approximate surface area is 142 Å². The first kappa shape index (κ1) is 22.0. The van der Waals surface area contributed by atoms with Gasteiger partial charge in [-0.05, 0) is 55.3 Å². The fourth-order valence-corrected chi connectivity index (χ4v) is 3.00. The molecule has 0 aliphatic rings. The minimum atomic E-state index is 0.318. The van der Waals surface area contributed by atoms with Crippen LogP contribution in [0.5, 0.6) is 0 Å². The van der Waals surface area contributed by atoms with Crippen molar-refractivity contribution in [3.05, 3.63) is 0 Å². The first-order chi connectivity index (χ1) is 9.75. The molecule has 0 amide bonds. The summed E-state index contributed by atoms with van der Waals surface area (Å²) in [5.41, 5.74) is 1.16. The van der Waals surface area contributed by atoms with Crippen LogP contribution >= 0.6 is 0 Å². The van der Waals surface area contributed by atoms with E-state index in [9.17, 15) is 0 Å². The summed E-state index contributed by atoms with van der Waals surface area (Å²) < 4.78 is 0. The normalized spacial score (nSPS) is 14.2. The average Bonchev–Trinajstić information content (AvgIpc) is 2.28. The second-order valence-corrected chi connectivity index (χ2v) is 10.6. The Kier molecular flexibility index (Phi) is 8.70. The summed E-state index contributed by atoms with van der Waals surface area (Å²) in [5.74, 6) is 0.789. The smallest absolute Gasteiger partial charge is 0.0184 e. The predicted octanol–water partition coefficient (Wildman–Crippen LogP) is 6.81. The van der Waals surface area contributed by atoms with E-state index in [0.29, 0.717) is 22.4 Å². The molecule has 0 rings (SSSR count). The standard InChI is InChI=1S/C21H45N/c1-17(2)11-12-21(22-18(3)4,15-13-19(5,6)7)16-14-20(8,9)10/h17-18,22H,11-16H2,1-10H3. The van der Waals surface area contributed by atoms with Gasteiger partial charge < -0.3 is 5.32 Å². The Bertz CT molecular complexity index is 270. The second-order valence-electron chi connectivity index (χ2n) is 10.6. The maximum Gasteiger partial charge on any atom is 0.0184 e. The molecule has 0 spiro atoms. The highest BCUT2D eigenvalue weighted by Gasteiger charge is 2.32. The lowest BCUT2D eigenvalue weighted by Gasteiger charge is -2.41. The molecule has 0 fully saturated rings. The number of rotatable bonds is 9. The van der Waals surface area contributed by atoms with Crippen molar-refractivity contribution in [1.29, 1.82) is 0 Å². The number of nitrogens with one attached hydrogen (secondary N) is 1. The van der Waals surface area contributed by atoms with Gasteiger partial charge >= 0.3 is 0 Å². The number of hydrogen-bond donors (Lipinski definition) is 1. The molecule has 0 aromatic rings. The summed E-state index contributed by atoms with van der Waals surface area (Å²) in [4.78, 5) is 0. The molecule has 22 heavy (non-hydrogen) atoms. The van der Waals surface area contributed by atoms with Crippen LogP contribution in [0.15, 0.2) is 0 Å². The molecule has 0 aliphatic heterocycles. The van der Waals surface area contributed by atoms with E-state index in [2.05, 4.69) is 74.6 Å². The third-order valence-electron chi connectivity index (χ3n) is 4.50. The zero-order valence-corrected chi connectivity index (χ0v) is 17.4. The first-order valence-corrected chi connectivity index (χ1v) is 9.52. The van der Waals surface area contributed by atoms with Gasteiger partial charge in [0.05, 0.1) is 0 Å². The van der Waals surface area contributed by atoms with Gasteiger partial charge in [0.2, 0.25) is 0 Å². The Morgan fingerprint density at radius 3 is 1.32 bits per heavy atom. The van der Waals surface area contributed by atoms with E-state index in [0.717, 1.165) is 5.92 Å². The third-order valence-corrected chi connectivity index (χ3v) is 4.50. The molecule has 0 aromatic carbocycles. The topological polar surface area (TPSA) is 12.0 Å². The van der Waals surface area contributed by atoms with Gasteiger partial charge in [0.15, 0.2) is 0 Å². The Morgan fingerprint density at radius 2 is 1.05 bits per heavy atom. The highest BCUT2D eigenvalue weighted by atomic mass is 15.0. The molecule has 134 valence electrons. The first-order valence-electron chi connectivity index (χ1n) is 9.52. The van der Waals surface area contributed by atoms with Crippen LogP contribution in [0.4, 0.5) is 0 Å². The van der Waals surface area contributed by atoms with Crippen molar-refractivity contribution in [2.75, 3.05) is 0 Å². The van der Waals surface area contributed by atoms with Crippen molar-refractivity contribution < 1.29 is 0 Å². The molecule has 0 aromatic heterocycles. The molecule has 0 saturated heterocycles. The van der Waals surface area contributed by atoms with Crippen LogP contribution in [0.25, 0.3) is 0 Å². The average molecular weight is 312 g/mol. The molecule has 0 unspecified atom stereocenters. The summed E-state index contributed by atoms with van der Waals surface area (Å²) in [6, 6.07) is 0.562. The maximum atomic E-state index is 3.99. The van der Waals surface area contributed by atoms with Crippen molar-refractivity contribution in [2.45, 2.75) is 119 Å². The summed E-state index contributed by atoms with van der Waals surface area (Å²) in [6.45, 7) is 23.6. The minimum Gasteiger partial charge on any atom is -0.309 e. The van der Waals surface area contributed by atoms with Crippen LogP contribution in [0.1, 0.15) is 108 Å². The monoisotopic (exact) mass is 311 g/mol. The van der Waals surface area contributed by atoms with Gasteiger partial charge in [-0.15, -0.1) is 0 Å². The molecule has 0 saturated carbocycles. The summed E-state index contributed by atoms with van der Waals surface area (Å²) in [7, 11) is 0. The second kappa shape index (κ2) is 8.71. The molecular formula is C21H45N. The fourth-order valence-electron chi connectivity index (χ4n) is 3.00. The molecule has 0 bridgehead atoms. The highest BCUT2D eigenvalue weighted by Crippen LogP contribution is 2.36. The van der Waals surface area contributed by atoms with Crippen LogP contribution in [-0.4, -0.2) is 11.6 Å². The molecule has 0 aliphatic carbocycles. The van der Waals surface area contributed by atoms with E-state index >= 15 is 0 Å². The van der Waals surface area contributed by atoms with Crippen molar-refractivity contribution in [3.63, 3.8) is 0 Å². The van der Waals surface area contributed by atoms with Gasteiger partial charge in [-0.1, -0.05) is 69.2 Å². The molecule has 1 heteroatoms. The molecule has 0 heterocycles. The molecule has 0 radical (unpaired) electrons. The highest BCUT2D eigenvalue weighted by molar-refractivity contribution is 4.92. The predicted molar refractivity (Wildman–Crippen MR) is 102 cm³/mol. The van der Waals surface area contributed by atoms with Crippen LogP contribution in [0.2, 0.25) is 0 Å². The van der Waals surface area contributed by atoms with Gasteiger partial charge in [0.1, 0.15) is 0 Å². The van der Waals surface area contributed by atoms with Crippen molar-refractivity contribution >= 4 is 0 Å². The van der Waals surface area contributed by atoms with E-state index in [-0.39, 0.29) is 0 Å². The van der Waals surface area contributed by atoms with Crippen LogP contribution in [0, 0.1) is 16.7 Å². The van der Waals surface area contributed by atoms with Crippen LogP contribution in [-0.2, 0) is 0 Å². The summed E-state index contributed by atoms with van der Waals surface area (Å²) in [5, 5.41) is 3.99. The third kappa shape index (κ3) is 11.5. The zero-order valence-electron chi connectivity index (χ0n) is 17.4. The van der Waals surface area contributed by atoms with Gasteiger partial charge in [-0.2, -0.15) is 0 Å². The van der Waals surface area contributed by atoms with Gasteiger partial charge in [0.25, 0.3) is 0 Å². The fraction of sp³-hybridized carbons (Fsp3) is 1.00. The van der Waals surface area contributed by atoms with E-state index in [1.54, 1.807) is 0 Å². The minimum absolute atomic E-state index is 0.318. The van der Waals surface area contributed by atoms with Crippen molar-refractivity contribution in [2.24, 2.45) is 16.7 Å². The van der Waals surface area contributed by atoms with E-state index in [1.165, 1.54) is 38.5 Å². The van der Waals surface area contributed by atoms with E-state index < -0.39 is 0 Å². The largest absolute Gasteiger partial charge is 0.309 e. The van der Waals surface area contributed by atoms with Crippen molar-refractivity contribution in [1.82, 2.24) is 5.32 Å². The zero-order chi connectivity index (χ0) is 17.6. The quantitative estimate of drug-likeness (QED) is 0.493. The maximum absolute atomic E-state index is 3.99. The molecular weight excluding hydrogens is 266 g/mol. The Balaban J connectivity index is 5.11. The Morgan fingerprint density at radius 1 is 0.636 bits per heavy atom. The van der Waals surface area contributed by atoms with Gasteiger partial charge in [-0.25, -0.2) is 0 Å². The molecule has 0 atom stereocenters. The lowest BCUT2D eigenvalue weighted by atomic mass is 9.74. The molecule has 1 nitrogen and oxygen atoms in total. The summed E-state index contributed by atoms with van der Waals surface area (Å²) >= 11 is 0. The van der Waals surface area contributed by atoms with E-state index in [4.69, 9.17) is 0 Å². The van der Waals surface area contributed by atoms with Gasteiger partial charge in [0, 0.05) is 11.6 Å². The lowest BCUT2D eigenvalue weighted by molar-refractivity contribution is 0.171. The lowest BCUT2D eigenvalue weighted by Crippen LogP contribution is -2.49. The summed E-state index contributed by atoms with van der Waals surface area (Å²) in [6.07, 6.45) is 7.85. The van der Waals surface area contributed by atoms with Crippen LogP contribution < -0.4 is 5.32 Å². The number of hydrogen-bond acceptors (Lipinski definition) is 1. The van der Waals surface area contributed by atoms with E-state index in [1.807, 2.05) is 0 Å². The van der Waals surface area contributed by atoms with Crippen molar-refractivity contribution in [3.8, 4) is 0 Å².